The highest BCUT2D eigenvalue weighted by atomic mass is 16.5. The van der Waals surface area contributed by atoms with Gasteiger partial charge in [-0.1, -0.05) is 12.1 Å². The van der Waals surface area contributed by atoms with Crippen molar-refractivity contribution in [3.63, 3.8) is 0 Å². The van der Waals surface area contributed by atoms with Crippen molar-refractivity contribution in [3.05, 3.63) is 58.5 Å². The number of carbonyl (C=O) groups excluding carboxylic acids is 4. The number of amides is 2. The SMILES string of the molecule is CCOC(=O)c1cc(C(=O)OC)c(CCN2C(=O)c3ccccc3C2=O)o1. The number of carbonyl (C=O) groups is 4. The Balaban J connectivity index is 1.82. The number of imide groups is 1. The molecule has 8 nitrogen and oxygen atoms in total. The van der Waals surface area contributed by atoms with E-state index in [1.807, 2.05) is 0 Å². The van der Waals surface area contributed by atoms with E-state index in [1.165, 1.54) is 13.2 Å². The summed E-state index contributed by atoms with van der Waals surface area (Å²) in [7, 11) is 1.20. The van der Waals surface area contributed by atoms with E-state index in [4.69, 9.17) is 13.9 Å². The molecule has 3 rings (SSSR count). The normalized spacial score (nSPS) is 12.9. The van der Waals surface area contributed by atoms with Crippen molar-refractivity contribution in [3.8, 4) is 0 Å². The largest absolute Gasteiger partial charge is 0.465 e. The van der Waals surface area contributed by atoms with Gasteiger partial charge in [0.2, 0.25) is 5.76 Å². The van der Waals surface area contributed by atoms with Crippen LogP contribution >= 0.6 is 0 Å². The summed E-state index contributed by atoms with van der Waals surface area (Å²) in [5.74, 6) is -2.22. The van der Waals surface area contributed by atoms with Gasteiger partial charge in [-0.15, -0.1) is 0 Å². The molecule has 27 heavy (non-hydrogen) atoms. The molecule has 0 spiro atoms. The average Bonchev–Trinajstić information content (AvgIpc) is 3.20. The van der Waals surface area contributed by atoms with Gasteiger partial charge in [0.25, 0.3) is 11.8 Å². The third kappa shape index (κ3) is 3.33. The second-order valence-electron chi connectivity index (χ2n) is 5.72. The minimum absolute atomic E-state index is 0.00782. The van der Waals surface area contributed by atoms with Gasteiger partial charge in [0.05, 0.1) is 24.8 Å². The molecule has 1 aliphatic heterocycles. The predicted octanol–water partition coefficient (Wildman–Crippen LogP) is 2.08. The molecule has 2 amide bonds. The lowest BCUT2D eigenvalue weighted by Gasteiger charge is -2.13. The van der Waals surface area contributed by atoms with Crippen LogP contribution in [0.25, 0.3) is 0 Å². The van der Waals surface area contributed by atoms with Gasteiger partial charge in [0.15, 0.2) is 0 Å². The molecular formula is C19H17NO7. The van der Waals surface area contributed by atoms with Gasteiger partial charge >= 0.3 is 11.9 Å². The zero-order chi connectivity index (χ0) is 19.6. The molecule has 0 atom stereocenters. The summed E-state index contributed by atoms with van der Waals surface area (Å²) in [5.41, 5.74) is 0.724. The van der Waals surface area contributed by atoms with Crippen molar-refractivity contribution in [1.29, 1.82) is 0 Å². The fraction of sp³-hybridized carbons (Fsp3) is 0.263. The molecule has 2 aromatic rings. The Labute approximate surface area is 154 Å². The summed E-state index contributed by atoms with van der Waals surface area (Å²) in [6.45, 7) is 1.79. The number of esters is 2. The molecule has 0 fully saturated rings. The highest BCUT2D eigenvalue weighted by Crippen LogP contribution is 2.24. The maximum Gasteiger partial charge on any atom is 0.374 e. The van der Waals surface area contributed by atoms with E-state index >= 15 is 0 Å². The molecule has 8 heteroatoms. The van der Waals surface area contributed by atoms with E-state index < -0.39 is 23.8 Å². The number of benzene rings is 1. The van der Waals surface area contributed by atoms with Crippen LogP contribution in [0.15, 0.2) is 34.7 Å². The summed E-state index contributed by atoms with van der Waals surface area (Å²) >= 11 is 0. The standard InChI is InChI=1S/C19H17NO7/c1-3-26-19(24)15-10-13(18(23)25-2)14(27-15)8-9-20-16(21)11-6-4-5-7-12(11)17(20)22/h4-7,10H,3,8-9H2,1-2H3. The van der Waals surface area contributed by atoms with Gasteiger partial charge in [-0.25, -0.2) is 9.59 Å². The Bertz CT molecular complexity index is 893. The minimum Gasteiger partial charge on any atom is -0.465 e. The molecule has 0 saturated heterocycles. The number of rotatable bonds is 6. The quantitative estimate of drug-likeness (QED) is 0.566. The molecule has 0 saturated carbocycles. The highest BCUT2D eigenvalue weighted by Gasteiger charge is 2.35. The zero-order valence-corrected chi connectivity index (χ0v) is 14.8. The Morgan fingerprint density at radius 1 is 1.07 bits per heavy atom. The number of nitrogens with zero attached hydrogens (tertiary/aromatic N) is 1. The van der Waals surface area contributed by atoms with Gasteiger partial charge in [-0.3, -0.25) is 14.5 Å². The van der Waals surface area contributed by atoms with Crippen molar-refractivity contribution < 1.29 is 33.1 Å². The van der Waals surface area contributed by atoms with Crippen LogP contribution in [0.3, 0.4) is 0 Å². The number of hydrogen-bond acceptors (Lipinski definition) is 7. The number of fused-ring (bicyclic) bond motifs is 1. The smallest absolute Gasteiger partial charge is 0.374 e. The van der Waals surface area contributed by atoms with Gasteiger partial charge in [0.1, 0.15) is 11.3 Å². The first-order valence-electron chi connectivity index (χ1n) is 8.31. The van der Waals surface area contributed by atoms with Crippen molar-refractivity contribution >= 4 is 23.8 Å². The van der Waals surface area contributed by atoms with Crippen molar-refractivity contribution in [2.24, 2.45) is 0 Å². The summed E-state index contributed by atoms with van der Waals surface area (Å²) in [5, 5.41) is 0. The van der Waals surface area contributed by atoms with Crippen molar-refractivity contribution in [1.82, 2.24) is 4.90 Å². The average molecular weight is 371 g/mol. The zero-order valence-electron chi connectivity index (χ0n) is 14.8. The fourth-order valence-electron chi connectivity index (χ4n) is 2.86. The van der Waals surface area contributed by atoms with Crippen LogP contribution in [0.4, 0.5) is 0 Å². The second kappa shape index (κ2) is 7.45. The summed E-state index contributed by atoms with van der Waals surface area (Å²) in [6, 6.07) is 7.77. The number of hydrogen-bond donors (Lipinski definition) is 0. The summed E-state index contributed by atoms with van der Waals surface area (Å²) in [4.78, 5) is 49.7. The maximum absolute atomic E-state index is 12.4. The number of furan rings is 1. The Hall–Kier alpha value is -3.42. The first-order valence-corrected chi connectivity index (χ1v) is 8.31. The van der Waals surface area contributed by atoms with Gasteiger partial charge < -0.3 is 13.9 Å². The Morgan fingerprint density at radius 2 is 1.70 bits per heavy atom. The lowest BCUT2D eigenvalue weighted by atomic mass is 10.1. The van der Waals surface area contributed by atoms with E-state index in [9.17, 15) is 19.2 Å². The molecule has 0 radical (unpaired) electrons. The van der Waals surface area contributed by atoms with Crippen LogP contribution in [0, 0.1) is 0 Å². The second-order valence-corrected chi connectivity index (χ2v) is 5.72. The molecule has 0 bridgehead atoms. The summed E-state index contributed by atoms with van der Waals surface area (Å²) in [6.07, 6.45) is 0.0509. The first kappa shape index (κ1) is 18.4. The first-order chi connectivity index (χ1) is 13.0. The van der Waals surface area contributed by atoms with Crippen LogP contribution in [0.2, 0.25) is 0 Å². The van der Waals surface area contributed by atoms with E-state index in [1.54, 1.807) is 31.2 Å². The molecule has 1 aliphatic rings. The topological polar surface area (TPSA) is 103 Å². The molecule has 2 heterocycles. The minimum atomic E-state index is -0.713. The van der Waals surface area contributed by atoms with Gasteiger partial charge in [-0.05, 0) is 19.1 Å². The lowest BCUT2D eigenvalue weighted by molar-refractivity contribution is 0.0484. The van der Waals surface area contributed by atoms with Crippen molar-refractivity contribution in [2.75, 3.05) is 20.3 Å². The van der Waals surface area contributed by atoms with Crippen LogP contribution in [-0.2, 0) is 15.9 Å². The van der Waals surface area contributed by atoms with E-state index in [0.717, 1.165) is 4.90 Å². The van der Waals surface area contributed by atoms with E-state index in [2.05, 4.69) is 0 Å². The van der Waals surface area contributed by atoms with Crippen LogP contribution in [0.1, 0.15) is 54.3 Å². The third-order valence-corrected chi connectivity index (χ3v) is 4.13. The molecule has 0 N–H and O–H groups in total. The van der Waals surface area contributed by atoms with Crippen LogP contribution < -0.4 is 0 Å². The monoisotopic (exact) mass is 371 g/mol. The molecule has 0 unspecified atom stereocenters. The maximum atomic E-state index is 12.4. The molecule has 1 aromatic carbocycles. The molecular weight excluding hydrogens is 354 g/mol. The van der Waals surface area contributed by atoms with Crippen LogP contribution in [0.5, 0.6) is 0 Å². The number of ether oxygens (including phenoxy) is 2. The molecule has 1 aromatic heterocycles. The predicted molar refractivity (Wildman–Crippen MR) is 91.5 cm³/mol. The van der Waals surface area contributed by atoms with Gasteiger partial charge in [-0.2, -0.15) is 0 Å². The van der Waals surface area contributed by atoms with Crippen LogP contribution in [-0.4, -0.2) is 48.9 Å². The van der Waals surface area contributed by atoms with Crippen molar-refractivity contribution in [2.45, 2.75) is 13.3 Å². The Kier molecular flexibility index (Phi) is 5.07. The molecule has 140 valence electrons. The van der Waals surface area contributed by atoms with E-state index in [0.29, 0.717) is 11.1 Å². The van der Waals surface area contributed by atoms with E-state index in [-0.39, 0.29) is 36.7 Å². The number of methoxy groups -OCH3 is 1. The van der Waals surface area contributed by atoms with Gasteiger partial charge in [0, 0.05) is 19.0 Å². The lowest BCUT2D eigenvalue weighted by Crippen LogP contribution is -2.31. The highest BCUT2D eigenvalue weighted by molar-refractivity contribution is 6.21. The Morgan fingerprint density at radius 3 is 2.26 bits per heavy atom. The summed E-state index contributed by atoms with van der Waals surface area (Å²) < 4.78 is 15.0. The molecule has 0 aliphatic carbocycles. The third-order valence-electron chi connectivity index (χ3n) is 4.13. The fourth-order valence-corrected chi connectivity index (χ4v) is 2.86.